The highest BCUT2D eigenvalue weighted by atomic mass is 79.9. The number of ether oxygens (including phenoxy) is 1. The molecule has 0 saturated carbocycles. The molecule has 2 saturated heterocycles. The molecule has 156 valence electrons. The van der Waals surface area contributed by atoms with Crippen molar-refractivity contribution in [3.05, 3.63) is 28.7 Å². The number of hydrogen-bond acceptors (Lipinski definition) is 5. The number of aliphatic hydroxyl groups is 1. The number of amides is 1. The number of anilines is 1. The van der Waals surface area contributed by atoms with E-state index in [4.69, 9.17) is 4.74 Å². The van der Waals surface area contributed by atoms with Gasteiger partial charge in [-0.3, -0.25) is 4.90 Å². The summed E-state index contributed by atoms with van der Waals surface area (Å²) in [6, 6.07) is 8.42. The number of rotatable bonds is 3. The van der Waals surface area contributed by atoms with Crippen LogP contribution >= 0.6 is 15.9 Å². The first kappa shape index (κ1) is 21.4. The summed E-state index contributed by atoms with van der Waals surface area (Å²) in [4.78, 5) is 18.7. The van der Waals surface area contributed by atoms with Gasteiger partial charge in [-0.15, -0.1) is 0 Å². The van der Waals surface area contributed by atoms with Gasteiger partial charge in [0.25, 0.3) is 0 Å². The Balaban J connectivity index is 1.45. The van der Waals surface area contributed by atoms with Crippen LogP contribution in [0.3, 0.4) is 0 Å². The minimum atomic E-state index is -0.724. The topological polar surface area (TPSA) is 56.2 Å². The maximum Gasteiger partial charge on any atom is 0.410 e. The standard InChI is InChI=1S/C21H32BrN3O3/c1-20(2,3)28-19(26)25-10-8-21(27,9-11-25)16-23-12-14-24(15-13-23)18-6-4-17(22)5-7-18/h4-7,27H,8-16H2,1-3H3. The fraction of sp³-hybridized carbons (Fsp3) is 0.667. The summed E-state index contributed by atoms with van der Waals surface area (Å²) in [6.07, 6.45) is 0.913. The maximum absolute atomic E-state index is 12.2. The minimum absolute atomic E-state index is 0.280. The van der Waals surface area contributed by atoms with Gasteiger partial charge in [0.05, 0.1) is 5.60 Å². The molecule has 6 nitrogen and oxygen atoms in total. The number of hydrogen-bond donors (Lipinski definition) is 1. The smallest absolute Gasteiger partial charge is 0.410 e. The number of carbonyl (C=O) groups excluding carboxylic acids is 1. The molecular formula is C21H32BrN3O3. The highest BCUT2D eigenvalue weighted by Gasteiger charge is 2.37. The molecule has 7 heteroatoms. The number of likely N-dealkylation sites (tertiary alicyclic amines) is 1. The molecule has 0 atom stereocenters. The highest BCUT2D eigenvalue weighted by Crippen LogP contribution is 2.26. The fourth-order valence-electron chi connectivity index (χ4n) is 3.82. The van der Waals surface area contributed by atoms with Crippen molar-refractivity contribution in [2.75, 3.05) is 50.7 Å². The van der Waals surface area contributed by atoms with Crippen molar-refractivity contribution in [1.29, 1.82) is 0 Å². The second-order valence-corrected chi connectivity index (χ2v) is 9.85. The number of halogens is 1. The molecule has 2 aliphatic heterocycles. The molecule has 2 fully saturated rings. The first-order chi connectivity index (χ1) is 13.1. The summed E-state index contributed by atoms with van der Waals surface area (Å²) < 4.78 is 6.54. The van der Waals surface area contributed by atoms with Crippen molar-refractivity contribution in [1.82, 2.24) is 9.80 Å². The fourth-order valence-corrected chi connectivity index (χ4v) is 4.09. The molecular weight excluding hydrogens is 422 g/mol. The molecule has 28 heavy (non-hydrogen) atoms. The molecule has 3 rings (SSSR count). The van der Waals surface area contributed by atoms with Crippen LogP contribution < -0.4 is 4.90 Å². The Bertz CT molecular complexity index is 658. The third kappa shape index (κ3) is 5.84. The molecule has 2 aliphatic rings. The second-order valence-electron chi connectivity index (χ2n) is 8.93. The zero-order chi connectivity index (χ0) is 20.4. The first-order valence-corrected chi connectivity index (χ1v) is 10.9. The molecule has 0 bridgehead atoms. The van der Waals surface area contributed by atoms with Gasteiger partial charge in [0.15, 0.2) is 0 Å². The summed E-state index contributed by atoms with van der Waals surface area (Å²) >= 11 is 3.48. The Kier molecular flexibility index (Phi) is 6.57. The molecule has 1 N–H and O–H groups in total. The Hall–Kier alpha value is -1.31. The number of piperidine rings is 1. The summed E-state index contributed by atoms with van der Waals surface area (Å²) in [7, 11) is 0. The first-order valence-electron chi connectivity index (χ1n) is 10.1. The van der Waals surface area contributed by atoms with Gasteiger partial charge >= 0.3 is 6.09 Å². The monoisotopic (exact) mass is 453 g/mol. The lowest BCUT2D eigenvalue weighted by molar-refractivity contribution is -0.0507. The summed E-state index contributed by atoms with van der Waals surface area (Å²) in [5.41, 5.74) is 0.0321. The summed E-state index contributed by atoms with van der Waals surface area (Å²) in [6.45, 7) is 11.2. The molecule has 0 unspecified atom stereocenters. The van der Waals surface area contributed by atoms with E-state index in [-0.39, 0.29) is 6.09 Å². The van der Waals surface area contributed by atoms with E-state index < -0.39 is 11.2 Å². The number of β-amino-alcohol motifs (C(OH)–C–C–N with tert-alkyl or cyclic N) is 1. The number of carbonyl (C=O) groups is 1. The van der Waals surface area contributed by atoms with Gasteiger partial charge in [0.1, 0.15) is 5.60 Å². The van der Waals surface area contributed by atoms with Gasteiger partial charge in [0.2, 0.25) is 0 Å². The Labute approximate surface area is 176 Å². The predicted octanol–water partition coefficient (Wildman–Crippen LogP) is 3.33. The average Bonchev–Trinajstić information content (AvgIpc) is 2.62. The van der Waals surface area contributed by atoms with Crippen LogP contribution in [0.25, 0.3) is 0 Å². The van der Waals surface area contributed by atoms with Crippen LogP contribution in [0.15, 0.2) is 28.7 Å². The van der Waals surface area contributed by atoms with Crippen LogP contribution in [0.2, 0.25) is 0 Å². The van der Waals surface area contributed by atoms with Crippen LogP contribution in [0.4, 0.5) is 10.5 Å². The van der Waals surface area contributed by atoms with Gasteiger partial charge < -0.3 is 19.6 Å². The van der Waals surface area contributed by atoms with E-state index in [0.29, 0.717) is 32.5 Å². The molecule has 0 radical (unpaired) electrons. The molecule has 2 heterocycles. The Morgan fingerprint density at radius 1 is 1.07 bits per heavy atom. The van der Waals surface area contributed by atoms with E-state index in [1.807, 2.05) is 20.8 Å². The molecule has 0 spiro atoms. The third-order valence-electron chi connectivity index (χ3n) is 5.43. The zero-order valence-corrected chi connectivity index (χ0v) is 18.7. The van der Waals surface area contributed by atoms with Gasteiger partial charge in [0, 0.05) is 56.0 Å². The van der Waals surface area contributed by atoms with E-state index in [1.54, 1.807) is 4.90 Å². The number of nitrogens with zero attached hydrogens (tertiary/aromatic N) is 3. The van der Waals surface area contributed by atoms with Crippen molar-refractivity contribution in [2.45, 2.75) is 44.8 Å². The van der Waals surface area contributed by atoms with Gasteiger partial charge in [-0.25, -0.2) is 4.79 Å². The lowest BCUT2D eigenvalue weighted by Gasteiger charge is -2.43. The maximum atomic E-state index is 12.2. The van der Waals surface area contributed by atoms with Crippen LogP contribution in [-0.2, 0) is 4.74 Å². The lowest BCUT2D eigenvalue weighted by atomic mass is 9.90. The summed E-state index contributed by atoms with van der Waals surface area (Å²) in [5, 5.41) is 11.0. The van der Waals surface area contributed by atoms with Crippen molar-refractivity contribution >= 4 is 27.7 Å². The number of benzene rings is 1. The molecule has 0 aliphatic carbocycles. The van der Waals surface area contributed by atoms with E-state index >= 15 is 0 Å². The SMILES string of the molecule is CC(C)(C)OC(=O)N1CCC(O)(CN2CCN(c3ccc(Br)cc3)CC2)CC1. The minimum Gasteiger partial charge on any atom is -0.444 e. The number of piperazine rings is 1. The average molecular weight is 454 g/mol. The van der Waals surface area contributed by atoms with Crippen molar-refractivity contribution in [2.24, 2.45) is 0 Å². The largest absolute Gasteiger partial charge is 0.444 e. The molecule has 1 aromatic rings. The Morgan fingerprint density at radius 2 is 1.64 bits per heavy atom. The van der Waals surface area contributed by atoms with Crippen molar-refractivity contribution < 1.29 is 14.6 Å². The van der Waals surface area contributed by atoms with Crippen molar-refractivity contribution in [3.8, 4) is 0 Å². The van der Waals surface area contributed by atoms with Crippen LogP contribution in [0.1, 0.15) is 33.6 Å². The van der Waals surface area contributed by atoms with Gasteiger partial charge in [-0.1, -0.05) is 15.9 Å². The van der Waals surface area contributed by atoms with E-state index in [2.05, 4.69) is 50.0 Å². The molecule has 1 amide bonds. The third-order valence-corrected chi connectivity index (χ3v) is 5.96. The summed E-state index contributed by atoms with van der Waals surface area (Å²) in [5.74, 6) is 0. The van der Waals surface area contributed by atoms with E-state index in [9.17, 15) is 9.90 Å². The van der Waals surface area contributed by atoms with E-state index in [1.165, 1.54) is 5.69 Å². The van der Waals surface area contributed by atoms with Crippen LogP contribution in [0.5, 0.6) is 0 Å². The Morgan fingerprint density at radius 3 is 2.18 bits per heavy atom. The highest BCUT2D eigenvalue weighted by molar-refractivity contribution is 9.10. The van der Waals surface area contributed by atoms with Gasteiger partial charge in [-0.05, 0) is 57.9 Å². The normalized spacial score (nSPS) is 20.9. The van der Waals surface area contributed by atoms with Crippen molar-refractivity contribution in [3.63, 3.8) is 0 Å². The molecule has 0 aromatic heterocycles. The molecule has 1 aromatic carbocycles. The van der Waals surface area contributed by atoms with E-state index in [0.717, 1.165) is 30.7 Å². The van der Waals surface area contributed by atoms with Crippen LogP contribution in [-0.4, -0.2) is 78.0 Å². The van der Waals surface area contributed by atoms with Crippen LogP contribution in [0, 0.1) is 0 Å². The lowest BCUT2D eigenvalue weighted by Crippen LogP contribution is -2.56. The quantitative estimate of drug-likeness (QED) is 0.760. The van der Waals surface area contributed by atoms with Gasteiger partial charge in [-0.2, -0.15) is 0 Å². The zero-order valence-electron chi connectivity index (χ0n) is 17.2. The second kappa shape index (κ2) is 8.59. The predicted molar refractivity (Wildman–Crippen MR) is 115 cm³/mol.